The summed E-state index contributed by atoms with van der Waals surface area (Å²) >= 11 is 0. The molecule has 8 nitrogen and oxygen atoms in total. The molecule has 0 aliphatic carbocycles. The van der Waals surface area contributed by atoms with Crippen molar-refractivity contribution in [3.63, 3.8) is 0 Å². The molecule has 1 aliphatic heterocycles. The van der Waals surface area contributed by atoms with Crippen molar-refractivity contribution in [1.82, 2.24) is 29.3 Å². The lowest BCUT2D eigenvalue weighted by Crippen LogP contribution is -2.28. The molecule has 2 N–H and O–H groups in total. The minimum Gasteiger partial charge on any atom is -0.479 e. The molecule has 2 bridgehead atoms. The second-order valence-electron chi connectivity index (χ2n) is 7.98. The lowest BCUT2D eigenvalue weighted by atomic mass is 9.95. The summed E-state index contributed by atoms with van der Waals surface area (Å²) in [4.78, 5) is 13.3. The Labute approximate surface area is 178 Å². The van der Waals surface area contributed by atoms with Gasteiger partial charge in [0, 0.05) is 41.8 Å². The number of aryl methyl sites for hydroxylation is 1. The van der Waals surface area contributed by atoms with Gasteiger partial charge in [-0.25, -0.2) is 19.3 Å². The summed E-state index contributed by atoms with van der Waals surface area (Å²) in [5.41, 5.74) is 9.07. The highest BCUT2D eigenvalue weighted by atomic mass is 19.1. The van der Waals surface area contributed by atoms with Crippen molar-refractivity contribution in [1.29, 1.82) is 0 Å². The molecule has 0 unspecified atom stereocenters. The summed E-state index contributed by atoms with van der Waals surface area (Å²) in [5, 5.41) is 4.54. The monoisotopic (exact) mass is 419 g/mol. The number of aromatic nitrogens is 6. The smallest absolute Gasteiger partial charge is 0.166 e. The molecule has 5 rings (SSSR count). The summed E-state index contributed by atoms with van der Waals surface area (Å²) in [6, 6.07) is 3.29. The van der Waals surface area contributed by atoms with Gasteiger partial charge in [0.25, 0.3) is 0 Å². The normalized spacial score (nSPS) is 14.5. The lowest BCUT2D eigenvalue weighted by molar-refractivity contribution is 0.109. The van der Waals surface area contributed by atoms with E-state index in [1.165, 1.54) is 12.3 Å². The molecule has 0 atom stereocenters. The zero-order valence-corrected chi connectivity index (χ0v) is 17.5. The Bertz CT molecular complexity index is 1290. The van der Waals surface area contributed by atoms with Crippen LogP contribution in [0.5, 0.6) is 5.75 Å². The first-order valence-corrected chi connectivity index (χ1v) is 10.0. The van der Waals surface area contributed by atoms with E-state index >= 15 is 0 Å². The first-order valence-electron chi connectivity index (χ1n) is 10.0. The van der Waals surface area contributed by atoms with Crippen LogP contribution in [-0.4, -0.2) is 29.3 Å². The van der Waals surface area contributed by atoms with E-state index in [4.69, 9.17) is 10.5 Å². The predicted molar refractivity (Wildman–Crippen MR) is 114 cm³/mol. The fraction of sp³-hybridized carbons (Fsp3) is 0.273. The Balaban J connectivity index is 1.83. The standard InChI is InChI=1S/C22H22FN7O/c1-4-30-19-13-7-17(20(24)27-9-13)31-22(2,3)16-8-15(23)11-26-18(16)21-25-5-6-29(21)12-14(19)10-28-30/h5-11H,4,12H2,1-3H3,(H2,24,27). The van der Waals surface area contributed by atoms with Crippen LogP contribution in [0.3, 0.4) is 0 Å². The van der Waals surface area contributed by atoms with Crippen molar-refractivity contribution in [3.8, 4) is 28.5 Å². The van der Waals surface area contributed by atoms with Crippen LogP contribution in [0.15, 0.2) is 43.1 Å². The minimum absolute atomic E-state index is 0.255. The molecule has 0 spiro atoms. The summed E-state index contributed by atoms with van der Waals surface area (Å²) < 4.78 is 24.5. The van der Waals surface area contributed by atoms with E-state index in [1.807, 2.05) is 48.5 Å². The predicted octanol–water partition coefficient (Wildman–Crippen LogP) is 3.62. The minimum atomic E-state index is -0.956. The van der Waals surface area contributed by atoms with Crippen LogP contribution in [-0.2, 0) is 18.7 Å². The fourth-order valence-corrected chi connectivity index (χ4v) is 4.02. The number of hydrogen-bond donors (Lipinski definition) is 1. The number of hydrogen-bond acceptors (Lipinski definition) is 6. The van der Waals surface area contributed by atoms with Crippen LogP contribution in [0.25, 0.3) is 22.8 Å². The molecule has 9 heteroatoms. The van der Waals surface area contributed by atoms with Crippen LogP contribution in [0.2, 0.25) is 0 Å². The number of anilines is 1. The Hall–Kier alpha value is -3.75. The molecule has 0 saturated heterocycles. The molecular weight excluding hydrogens is 397 g/mol. The zero-order valence-electron chi connectivity index (χ0n) is 17.5. The van der Waals surface area contributed by atoms with E-state index in [1.54, 1.807) is 12.4 Å². The third-order valence-corrected chi connectivity index (χ3v) is 5.51. The first-order chi connectivity index (χ1) is 14.9. The van der Waals surface area contributed by atoms with E-state index in [2.05, 4.69) is 20.1 Å². The van der Waals surface area contributed by atoms with Gasteiger partial charge in [-0.3, -0.25) is 4.68 Å². The maximum absolute atomic E-state index is 14.2. The summed E-state index contributed by atoms with van der Waals surface area (Å²) in [6.07, 6.45) is 8.34. The molecule has 0 saturated carbocycles. The van der Waals surface area contributed by atoms with Crippen molar-refractivity contribution in [2.24, 2.45) is 0 Å². The first kappa shape index (κ1) is 19.2. The van der Waals surface area contributed by atoms with Gasteiger partial charge in [-0.15, -0.1) is 0 Å². The number of rotatable bonds is 1. The Morgan fingerprint density at radius 3 is 2.81 bits per heavy atom. The Morgan fingerprint density at radius 2 is 2.00 bits per heavy atom. The molecule has 1 aliphatic rings. The van der Waals surface area contributed by atoms with Gasteiger partial charge in [0.05, 0.1) is 24.6 Å². The second kappa shape index (κ2) is 6.90. The molecular formula is C22H22FN7O. The molecule has 4 aromatic heterocycles. The molecule has 0 fully saturated rings. The Morgan fingerprint density at radius 1 is 1.16 bits per heavy atom. The number of ether oxygens (including phenoxy) is 1. The third kappa shape index (κ3) is 3.13. The number of nitrogens with two attached hydrogens (primary N) is 1. The summed E-state index contributed by atoms with van der Waals surface area (Å²) in [5.74, 6) is 0.839. The largest absolute Gasteiger partial charge is 0.479 e. The van der Waals surface area contributed by atoms with Gasteiger partial charge in [-0.1, -0.05) is 0 Å². The van der Waals surface area contributed by atoms with Gasteiger partial charge in [-0.2, -0.15) is 5.10 Å². The number of nitrogens with zero attached hydrogens (tertiary/aromatic N) is 6. The SMILES string of the molecule is CCn1ncc2c1-c1cnc(N)c(c1)OC(C)(C)c1cc(F)cnc1-c1nccn1C2. The second-order valence-corrected chi connectivity index (χ2v) is 7.98. The van der Waals surface area contributed by atoms with Gasteiger partial charge >= 0.3 is 0 Å². The van der Waals surface area contributed by atoms with E-state index in [0.29, 0.717) is 35.9 Å². The van der Waals surface area contributed by atoms with Gasteiger partial charge in [-0.05, 0) is 32.9 Å². The van der Waals surface area contributed by atoms with Crippen LogP contribution in [0.1, 0.15) is 31.9 Å². The molecule has 5 heterocycles. The maximum Gasteiger partial charge on any atom is 0.166 e. The van der Waals surface area contributed by atoms with Crippen LogP contribution >= 0.6 is 0 Å². The molecule has 0 aromatic carbocycles. The molecule has 0 radical (unpaired) electrons. The van der Waals surface area contributed by atoms with Crippen molar-refractivity contribution in [2.45, 2.75) is 39.5 Å². The molecule has 0 amide bonds. The summed E-state index contributed by atoms with van der Waals surface area (Å²) in [6.45, 7) is 6.94. The average Bonchev–Trinajstić information content (AvgIpc) is 3.36. The van der Waals surface area contributed by atoms with Gasteiger partial charge in [0.2, 0.25) is 0 Å². The highest BCUT2D eigenvalue weighted by Gasteiger charge is 2.31. The molecule has 4 aromatic rings. The van der Waals surface area contributed by atoms with Gasteiger partial charge in [0.1, 0.15) is 17.1 Å². The van der Waals surface area contributed by atoms with Crippen LogP contribution in [0.4, 0.5) is 10.2 Å². The zero-order chi connectivity index (χ0) is 21.8. The fourth-order valence-electron chi connectivity index (χ4n) is 4.02. The van der Waals surface area contributed by atoms with Crippen LogP contribution < -0.4 is 10.5 Å². The van der Waals surface area contributed by atoms with Crippen molar-refractivity contribution >= 4 is 5.82 Å². The maximum atomic E-state index is 14.2. The summed E-state index contributed by atoms with van der Waals surface area (Å²) in [7, 11) is 0. The van der Waals surface area contributed by atoms with E-state index in [0.717, 1.165) is 16.8 Å². The van der Waals surface area contributed by atoms with E-state index < -0.39 is 11.4 Å². The van der Waals surface area contributed by atoms with Gasteiger partial charge in [0.15, 0.2) is 17.4 Å². The number of nitrogen functional groups attached to an aromatic ring is 1. The van der Waals surface area contributed by atoms with E-state index in [9.17, 15) is 4.39 Å². The highest BCUT2D eigenvalue weighted by Crippen LogP contribution is 2.38. The van der Waals surface area contributed by atoms with Gasteiger partial charge < -0.3 is 15.0 Å². The number of halogens is 1. The molecule has 158 valence electrons. The average molecular weight is 419 g/mol. The number of imidazole rings is 1. The van der Waals surface area contributed by atoms with Crippen molar-refractivity contribution in [2.75, 3.05) is 5.73 Å². The van der Waals surface area contributed by atoms with Crippen molar-refractivity contribution < 1.29 is 9.13 Å². The van der Waals surface area contributed by atoms with Crippen LogP contribution in [0, 0.1) is 5.82 Å². The molecule has 31 heavy (non-hydrogen) atoms. The number of fused-ring (bicyclic) bond motifs is 7. The number of pyridine rings is 2. The topological polar surface area (TPSA) is 96.7 Å². The lowest BCUT2D eigenvalue weighted by Gasteiger charge is -2.29. The van der Waals surface area contributed by atoms with E-state index in [-0.39, 0.29) is 5.82 Å². The highest BCUT2D eigenvalue weighted by molar-refractivity contribution is 5.68. The third-order valence-electron chi connectivity index (χ3n) is 5.51. The Kier molecular flexibility index (Phi) is 4.28. The quantitative estimate of drug-likeness (QED) is 0.506. The van der Waals surface area contributed by atoms with Crippen molar-refractivity contribution in [3.05, 3.63) is 60.1 Å².